The molecule has 1 aromatic heterocycles. The standard InChI is InChI=1S/C17H16N4O4/c1-11(17-19-12-6-2-3-7-13(12)20-17)18-16(22)10-25-15-9-5-4-8-14(15)21(23)24/h2-9,11H,10H2,1H3,(H,18,22)(H,19,20)/t11-/m0/s1. The first kappa shape index (κ1) is 16.4. The van der Waals surface area contributed by atoms with E-state index in [0.717, 1.165) is 11.0 Å². The van der Waals surface area contributed by atoms with E-state index in [-0.39, 0.29) is 24.1 Å². The number of imidazole rings is 1. The Kier molecular flexibility index (Phi) is 4.60. The fourth-order valence-corrected chi connectivity index (χ4v) is 2.40. The number of nitro benzene ring substituents is 1. The molecule has 0 unspecified atom stereocenters. The molecule has 8 nitrogen and oxygen atoms in total. The summed E-state index contributed by atoms with van der Waals surface area (Å²) in [7, 11) is 0. The number of carbonyl (C=O) groups is 1. The highest BCUT2D eigenvalue weighted by molar-refractivity contribution is 5.78. The molecule has 0 saturated heterocycles. The SMILES string of the molecule is C[C@H](NC(=O)COc1ccccc1[N+](=O)[O-])c1nc2ccccc2[nH]1. The van der Waals surface area contributed by atoms with Crippen molar-refractivity contribution in [1.82, 2.24) is 15.3 Å². The Labute approximate surface area is 143 Å². The van der Waals surface area contributed by atoms with Gasteiger partial charge in [0.1, 0.15) is 5.82 Å². The van der Waals surface area contributed by atoms with E-state index in [4.69, 9.17) is 4.74 Å². The largest absolute Gasteiger partial charge is 0.477 e. The maximum Gasteiger partial charge on any atom is 0.310 e. The number of nitrogens with one attached hydrogen (secondary N) is 2. The molecule has 0 bridgehead atoms. The zero-order valence-corrected chi connectivity index (χ0v) is 13.4. The predicted molar refractivity (Wildman–Crippen MR) is 91.2 cm³/mol. The van der Waals surface area contributed by atoms with Gasteiger partial charge in [-0.25, -0.2) is 4.98 Å². The number of hydrogen-bond acceptors (Lipinski definition) is 5. The summed E-state index contributed by atoms with van der Waals surface area (Å²) in [6, 6.07) is 13.1. The summed E-state index contributed by atoms with van der Waals surface area (Å²) in [5, 5.41) is 13.7. The van der Waals surface area contributed by atoms with E-state index in [2.05, 4.69) is 15.3 Å². The van der Waals surface area contributed by atoms with Crippen molar-refractivity contribution in [2.24, 2.45) is 0 Å². The second kappa shape index (κ2) is 7.00. The smallest absolute Gasteiger partial charge is 0.310 e. The predicted octanol–water partition coefficient (Wildman–Crippen LogP) is 2.73. The summed E-state index contributed by atoms with van der Waals surface area (Å²) in [6.07, 6.45) is 0. The third kappa shape index (κ3) is 3.74. The topological polar surface area (TPSA) is 110 Å². The van der Waals surface area contributed by atoms with Gasteiger partial charge in [0.25, 0.3) is 5.91 Å². The molecule has 0 fully saturated rings. The minimum Gasteiger partial charge on any atom is -0.477 e. The molecule has 3 aromatic rings. The van der Waals surface area contributed by atoms with Crippen LogP contribution in [0, 0.1) is 10.1 Å². The van der Waals surface area contributed by atoms with Crippen LogP contribution < -0.4 is 10.1 Å². The van der Waals surface area contributed by atoms with Crippen LogP contribution in [0.3, 0.4) is 0 Å². The Bertz CT molecular complexity index is 889. The van der Waals surface area contributed by atoms with Gasteiger partial charge in [-0.3, -0.25) is 14.9 Å². The molecule has 0 saturated carbocycles. The zero-order chi connectivity index (χ0) is 17.8. The molecular formula is C17H16N4O4. The number of fused-ring (bicyclic) bond motifs is 1. The fraction of sp³-hybridized carbons (Fsp3) is 0.176. The maximum atomic E-state index is 12.0. The fourth-order valence-electron chi connectivity index (χ4n) is 2.40. The molecule has 0 aliphatic carbocycles. The number of ether oxygens (including phenoxy) is 1. The van der Waals surface area contributed by atoms with Gasteiger partial charge in [-0.05, 0) is 25.1 Å². The number of amides is 1. The first-order valence-electron chi connectivity index (χ1n) is 7.65. The number of H-pyrrole nitrogens is 1. The maximum absolute atomic E-state index is 12.0. The van der Waals surface area contributed by atoms with Crippen molar-refractivity contribution in [2.75, 3.05) is 6.61 Å². The highest BCUT2D eigenvalue weighted by Crippen LogP contribution is 2.25. The van der Waals surface area contributed by atoms with Crippen molar-refractivity contribution in [3.05, 3.63) is 64.5 Å². The number of para-hydroxylation sites is 4. The number of carbonyl (C=O) groups excluding carboxylic acids is 1. The molecule has 0 aliphatic heterocycles. The Morgan fingerprint density at radius 1 is 1.28 bits per heavy atom. The lowest BCUT2D eigenvalue weighted by Crippen LogP contribution is -2.31. The molecule has 0 spiro atoms. The molecule has 1 heterocycles. The minimum atomic E-state index is -0.551. The van der Waals surface area contributed by atoms with Gasteiger partial charge in [-0.2, -0.15) is 0 Å². The van der Waals surface area contributed by atoms with E-state index in [1.165, 1.54) is 18.2 Å². The van der Waals surface area contributed by atoms with Crippen LogP contribution in [0.2, 0.25) is 0 Å². The number of rotatable bonds is 6. The van der Waals surface area contributed by atoms with E-state index in [0.29, 0.717) is 5.82 Å². The van der Waals surface area contributed by atoms with Gasteiger partial charge in [-0.15, -0.1) is 0 Å². The van der Waals surface area contributed by atoms with Crippen LogP contribution in [-0.4, -0.2) is 27.4 Å². The molecule has 0 radical (unpaired) electrons. The summed E-state index contributed by atoms with van der Waals surface area (Å²) in [5.41, 5.74) is 1.52. The number of aromatic amines is 1. The second-order valence-corrected chi connectivity index (χ2v) is 5.44. The summed E-state index contributed by atoms with van der Waals surface area (Å²) >= 11 is 0. The van der Waals surface area contributed by atoms with Crippen LogP contribution in [-0.2, 0) is 4.79 Å². The molecule has 2 aromatic carbocycles. The highest BCUT2D eigenvalue weighted by atomic mass is 16.6. The van der Waals surface area contributed by atoms with Gasteiger partial charge in [0.2, 0.25) is 0 Å². The third-order valence-corrected chi connectivity index (χ3v) is 3.62. The van der Waals surface area contributed by atoms with E-state index in [1.54, 1.807) is 13.0 Å². The summed E-state index contributed by atoms with van der Waals surface area (Å²) < 4.78 is 5.27. The average Bonchev–Trinajstić information content (AvgIpc) is 3.04. The Hall–Kier alpha value is -3.42. The zero-order valence-electron chi connectivity index (χ0n) is 13.4. The average molecular weight is 340 g/mol. The van der Waals surface area contributed by atoms with Crippen LogP contribution in [0.25, 0.3) is 11.0 Å². The van der Waals surface area contributed by atoms with Crippen molar-refractivity contribution in [2.45, 2.75) is 13.0 Å². The van der Waals surface area contributed by atoms with Crippen molar-refractivity contribution >= 4 is 22.6 Å². The molecular weight excluding hydrogens is 324 g/mol. The van der Waals surface area contributed by atoms with Gasteiger partial charge in [0.05, 0.1) is 22.0 Å². The minimum absolute atomic E-state index is 0.0547. The molecule has 1 amide bonds. The van der Waals surface area contributed by atoms with E-state index >= 15 is 0 Å². The van der Waals surface area contributed by atoms with Crippen molar-refractivity contribution < 1.29 is 14.5 Å². The van der Waals surface area contributed by atoms with Gasteiger partial charge >= 0.3 is 5.69 Å². The first-order chi connectivity index (χ1) is 12.0. The summed E-state index contributed by atoms with van der Waals surface area (Å²) in [6.45, 7) is 1.47. The van der Waals surface area contributed by atoms with Crippen LogP contribution in [0.4, 0.5) is 5.69 Å². The Morgan fingerprint density at radius 2 is 2.00 bits per heavy atom. The van der Waals surface area contributed by atoms with Crippen LogP contribution in [0.1, 0.15) is 18.8 Å². The lowest BCUT2D eigenvalue weighted by molar-refractivity contribution is -0.385. The normalized spacial score (nSPS) is 11.9. The molecule has 2 N–H and O–H groups in total. The van der Waals surface area contributed by atoms with Crippen molar-refractivity contribution in [3.63, 3.8) is 0 Å². The quantitative estimate of drug-likeness (QED) is 0.529. The molecule has 3 rings (SSSR count). The number of benzene rings is 2. The van der Waals surface area contributed by atoms with Crippen LogP contribution in [0.5, 0.6) is 5.75 Å². The first-order valence-corrected chi connectivity index (χ1v) is 7.65. The van der Waals surface area contributed by atoms with Crippen LogP contribution >= 0.6 is 0 Å². The molecule has 25 heavy (non-hydrogen) atoms. The molecule has 128 valence electrons. The highest BCUT2D eigenvalue weighted by Gasteiger charge is 2.17. The van der Waals surface area contributed by atoms with E-state index in [1.807, 2.05) is 24.3 Å². The van der Waals surface area contributed by atoms with Gasteiger partial charge in [-0.1, -0.05) is 24.3 Å². The third-order valence-electron chi connectivity index (χ3n) is 3.62. The monoisotopic (exact) mass is 340 g/mol. The van der Waals surface area contributed by atoms with Gasteiger partial charge < -0.3 is 15.0 Å². The van der Waals surface area contributed by atoms with Crippen molar-refractivity contribution in [3.8, 4) is 5.75 Å². The second-order valence-electron chi connectivity index (χ2n) is 5.44. The van der Waals surface area contributed by atoms with E-state index in [9.17, 15) is 14.9 Å². The van der Waals surface area contributed by atoms with Crippen LogP contribution in [0.15, 0.2) is 48.5 Å². The molecule has 8 heteroatoms. The summed E-state index contributed by atoms with van der Waals surface area (Å²) in [5.74, 6) is 0.283. The Morgan fingerprint density at radius 3 is 2.76 bits per heavy atom. The van der Waals surface area contributed by atoms with Gasteiger partial charge in [0, 0.05) is 6.07 Å². The number of hydrogen-bond donors (Lipinski definition) is 2. The number of nitrogens with zero attached hydrogens (tertiary/aromatic N) is 2. The van der Waals surface area contributed by atoms with Crippen molar-refractivity contribution in [1.29, 1.82) is 0 Å². The molecule has 0 aliphatic rings. The lowest BCUT2D eigenvalue weighted by atomic mass is 10.3. The number of nitro groups is 1. The molecule has 1 atom stereocenters. The van der Waals surface area contributed by atoms with E-state index < -0.39 is 10.8 Å². The summed E-state index contributed by atoms with van der Waals surface area (Å²) in [4.78, 5) is 30.0. The number of aromatic nitrogens is 2. The lowest BCUT2D eigenvalue weighted by Gasteiger charge is -2.12. The van der Waals surface area contributed by atoms with Gasteiger partial charge in [0.15, 0.2) is 12.4 Å². The Balaban J connectivity index is 1.61.